The van der Waals surface area contributed by atoms with Crippen molar-refractivity contribution in [2.24, 2.45) is 0 Å². The second kappa shape index (κ2) is 9.45. The Kier molecular flexibility index (Phi) is 6.74. The maximum Gasteiger partial charge on any atom is 0.261 e. The minimum absolute atomic E-state index is 0.0980. The average molecular weight is 431 g/mol. The molecule has 0 aliphatic rings. The molecule has 0 saturated heterocycles. The SMILES string of the molecule is O=C(COc1ccc(S(=O)(=O)Nc2ccccc2)cc1)NCc1ccc(Cl)cc1. The molecule has 3 rings (SSSR count). The van der Waals surface area contributed by atoms with Crippen molar-refractivity contribution in [1.29, 1.82) is 0 Å². The molecule has 0 unspecified atom stereocenters. The van der Waals surface area contributed by atoms with Crippen molar-refractivity contribution >= 4 is 33.2 Å². The van der Waals surface area contributed by atoms with Crippen LogP contribution in [0.5, 0.6) is 5.75 Å². The van der Waals surface area contributed by atoms with Crippen molar-refractivity contribution in [3.63, 3.8) is 0 Å². The van der Waals surface area contributed by atoms with Crippen LogP contribution < -0.4 is 14.8 Å². The van der Waals surface area contributed by atoms with Crippen molar-refractivity contribution in [2.45, 2.75) is 11.4 Å². The molecule has 0 atom stereocenters. The molecular formula is C21H19ClN2O4S. The van der Waals surface area contributed by atoms with E-state index < -0.39 is 10.0 Å². The minimum atomic E-state index is -3.70. The number of halogens is 1. The van der Waals surface area contributed by atoms with Gasteiger partial charge < -0.3 is 10.1 Å². The van der Waals surface area contributed by atoms with Gasteiger partial charge in [-0.15, -0.1) is 0 Å². The van der Waals surface area contributed by atoms with Gasteiger partial charge in [-0.1, -0.05) is 41.9 Å². The second-order valence-electron chi connectivity index (χ2n) is 6.13. The largest absolute Gasteiger partial charge is 0.484 e. The fourth-order valence-corrected chi connectivity index (χ4v) is 3.62. The van der Waals surface area contributed by atoms with Gasteiger partial charge in [-0.3, -0.25) is 9.52 Å². The highest BCUT2D eigenvalue weighted by Crippen LogP contribution is 2.19. The first kappa shape index (κ1) is 20.7. The molecule has 0 aliphatic carbocycles. The summed E-state index contributed by atoms with van der Waals surface area (Å²) in [5.41, 5.74) is 1.40. The Bertz CT molecular complexity index is 1050. The van der Waals surface area contributed by atoms with E-state index in [9.17, 15) is 13.2 Å². The summed E-state index contributed by atoms with van der Waals surface area (Å²) in [5, 5.41) is 3.37. The normalized spacial score (nSPS) is 10.9. The summed E-state index contributed by atoms with van der Waals surface area (Å²) in [5.74, 6) is 0.104. The van der Waals surface area contributed by atoms with Crippen LogP contribution in [0.3, 0.4) is 0 Å². The lowest BCUT2D eigenvalue weighted by Crippen LogP contribution is -2.28. The first-order valence-corrected chi connectivity index (χ1v) is 10.6. The molecule has 0 fully saturated rings. The molecular weight excluding hydrogens is 412 g/mol. The van der Waals surface area contributed by atoms with Crippen LogP contribution >= 0.6 is 11.6 Å². The highest BCUT2D eigenvalue weighted by molar-refractivity contribution is 7.92. The van der Waals surface area contributed by atoms with E-state index in [0.717, 1.165) is 5.56 Å². The molecule has 29 heavy (non-hydrogen) atoms. The zero-order chi connectivity index (χ0) is 20.7. The van der Waals surface area contributed by atoms with Gasteiger partial charge in [-0.2, -0.15) is 0 Å². The molecule has 6 nitrogen and oxygen atoms in total. The van der Waals surface area contributed by atoms with Crippen molar-refractivity contribution in [2.75, 3.05) is 11.3 Å². The van der Waals surface area contributed by atoms with Gasteiger partial charge in [-0.25, -0.2) is 8.42 Å². The lowest BCUT2D eigenvalue weighted by molar-refractivity contribution is -0.123. The minimum Gasteiger partial charge on any atom is -0.484 e. The van der Waals surface area contributed by atoms with Crippen LogP contribution in [-0.2, 0) is 21.4 Å². The summed E-state index contributed by atoms with van der Waals surface area (Å²) < 4.78 is 32.7. The molecule has 1 amide bonds. The lowest BCUT2D eigenvalue weighted by atomic mass is 10.2. The van der Waals surface area contributed by atoms with Crippen molar-refractivity contribution in [3.05, 3.63) is 89.4 Å². The fourth-order valence-electron chi connectivity index (χ4n) is 2.44. The van der Waals surface area contributed by atoms with Gasteiger partial charge >= 0.3 is 0 Å². The molecule has 3 aromatic carbocycles. The van der Waals surface area contributed by atoms with Crippen LogP contribution in [0, 0.1) is 0 Å². The monoisotopic (exact) mass is 430 g/mol. The van der Waals surface area contributed by atoms with Crippen molar-refractivity contribution < 1.29 is 17.9 Å². The third kappa shape index (κ3) is 6.23. The van der Waals surface area contributed by atoms with Crippen LogP contribution in [-0.4, -0.2) is 20.9 Å². The maximum atomic E-state index is 12.4. The van der Waals surface area contributed by atoms with Crippen molar-refractivity contribution in [3.8, 4) is 5.75 Å². The Morgan fingerprint density at radius 3 is 2.21 bits per heavy atom. The topological polar surface area (TPSA) is 84.5 Å². The number of nitrogens with one attached hydrogen (secondary N) is 2. The van der Waals surface area contributed by atoms with E-state index in [2.05, 4.69) is 10.0 Å². The Morgan fingerprint density at radius 2 is 1.55 bits per heavy atom. The summed E-state index contributed by atoms with van der Waals surface area (Å²) in [4.78, 5) is 12.0. The number of para-hydroxylation sites is 1. The molecule has 0 bridgehead atoms. The van der Waals surface area contributed by atoms with Gasteiger partial charge in [-0.05, 0) is 54.1 Å². The Morgan fingerprint density at radius 1 is 0.897 bits per heavy atom. The Hall–Kier alpha value is -3.03. The van der Waals surface area contributed by atoms with Gasteiger partial charge in [0.2, 0.25) is 0 Å². The number of hydrogen-bond acceptors (Lipinski definition) is 4. The number of benzene rings is 3. The highest BCUT2D eigenvalue weighted by Gasteiger charge is 2.14. The summed E-state index contributed by atoms with van der Waals surface area (Å²) in [6.45, 7) is 0.184. The molecule has 150 valence electrons. The first-order chi connectivity index (χ1) is 13.9. The summed E-state index contributed by atoms with van der Waals surface area (Å²) >= 11 is 5.82. The number of hydrogen-bond donors (Lipinski definition) is 2. The Labute approximate surface area is 174 Å². The molecule has 2 N–H and O–H groups in total. The van der Waals surface area contributed by atoms with Gasteiger partial charge in [0.15, 0.2) is 6.61 Å². The van der Waals surface area contributed by atoms with Crippen LogP contribution in [0.4, 0.5) is 5.69 Å². The van der Waals surface area contributed by atoms with Crippen LogP contribution in [0.1, 0.15) is 5.56 Å². The average Bonchev–Trinajstić information content (AvgIpc) is 2.72. The van der Waals surface area contributed by atoms with Gasteiger partial charge in [0.25, 0.3) is 15.9 Å². The van der Waals surface area contributed by atoms with Crippen LogP contribution in [0.2, 0.25) is 5.02 Å². The quantitative estimate of drug-likeness (QED) is 0.568. The number of carbonyl (C=O) groups is 1. The summed E-state index contributed by atoms with van der Waals surface area (Å²) in [7, 11) is -3.70. The smallest absolute Gasteiger partial charge is 0.261 e. The maximum absolute atomic E-state index is 12.4. The molecule has 8 heteroatoms. The van der Waals surface area contributed by atoms with E-state index in [1.807, 2.05) is 12.1 Å². The molecule has 0 aliphatic heterocycles. The first-order valence-electron chi connectivity index (χ1n) is 8.74. The molecule has 0 radical (unpaired) electrons. The van der Waals surface area contributed by atoms with Gasteiger partial charge in [0.05, 0.1) is 4.90 Å². The number of rotatable bonds is 8. The zero-order valence-corrected chi connectivity index (χ0v) is 16.9. The summed E-state index contributed by atoms with van der Waals surface area (Å²) in [6.07, 6.45) is 0. The van der Waals surface area contributed by atoms with E-state index in [1.165, 1.54) is 24.3 Å². The van der Waals surface area contributed by atoms with Gasteiger partial charge in [0.1, 0.15) is 5.75 Å². The van der Waals surface area contributed by atoms with Crippen molar-refractivity contribution in [1.82, 2.24) is 5.32 Å². The third-order valence-electron chi connectivity index (χ3n) is 3.93. The number of carbonyl (C=O) groups excluding carboxylic acids is 1. The van der Waals surface area contributed by atoms with Crippen LogP contribution in [0.15, 0.2) is 83.8 Å². The highest BCUT2D eigenvalue weighted by atomic mass is 35.5. The number of ether oxygens (including phenoxy) is 1. The van der Waals surface area contributed by atoms with Crippen LogP contribution in [0.25, 0.3) is 0 Å². The van der Waals surface area contributed by atoms with E-state index in [1.54, 1.807) is 42.5 Å². The zero-order valence-electron chi connectivity index (χ0n) is 15.3. The molecule has 3 aromatic rings. The predicted octanol–water partition coefficient (Wildman–Crippen LogP) is 3.84. The molecule has 0 aromatic heterocycles. The molecule has 0 heterocycles. The van der Waals surface area contributed by atoms with E-state index >= 15 is 0 Å². The summed E-state index contributed by atoms with van der Waals surface area (Å²) in [6, 6.07) is 21.6. The number of sulfonamides is 1. The molecule has 0 spiro atoms. The standard InChI is InChI=1S/C21H19ClN2O4S/c22-17-8-6-16(7-9-17)14-23-21(25)15-28-19-10-12-20(13-11-19)29(26,27)24-18-4-2-1-3-5-18/h1-13,24H,14-15H2,(H,23,25). The lowest BCUT2D eigenvalue weighted by Gasteiger charge is -2.10. The second-order valence-corrected chi connectivity index (χ2v) is 8.25. The predicted molar refractivity (Wildman–Crippen MR) is 112 cm³/mol. The van der Waals surface area contributed by atoms with E-state index in [4.69, 9.17) is 16.3 Å². The fraction of sp³-hybridized carbons (Fsp3) is 0.0952. The van der Waals surface area contributed by atoms with E-state index in [0.29, 0.717) is 23.0 Å². The number of anilines is 1. The molecule has 0 saturated carbocycles. The third-order valence-corrected chi connectivity index (χ3v) is 5.58. The number of amides is 1. The van der Waals surface area contributed by atoms with Gasteiger partial charge in [0, 0.05) is 17.3 Å². The Balaban J connectivity index is 1.51. The van der Waals surface area contributed by atoms with E-state index in [-0.39, 0.29) is 17.4 Å².